The van der Waals surface area contributed by atoms with E-state index in [1.54, 1.807) is 6.20 Å². The Labute approximate surface area is 236 Å². The number of benzene rings is 2. The lowest BCUT2D eigenvalue weighted by Crippen LogP contribution is -2.60. The highest BCUT2D eigenvalue weighted by atomic mass is 79.9. The summed E-state index contributed by atoms with van der Waals surface area (Å²) in [7, 11) is 0. The Kier molecular flexibility index (Phi) is 7.13. The summed E-state index contributed by atoms with van der Waals surface area (Å²) in [6.07, 6.45) is 6.82. The maximum atomic E-state index is 12.7. The van der Waals surface area contributed by atoms with E-state index in [1.807, 2.05) is 54.6 Å². The average Bonchev–Trinajstić information content (AvgIpc) is 2.93. The number of amides is 1. The van der Waals surface area contributed by atoms with Gasteiger partial charge in [-0.25, -0.2) is 9.78 Å². The normalized spacial score (nSPS) is 26.5. The minimum atomic E-state index is -0.325. The van der Waals surface area contributed by atoms with Gasteiger partial charge in [0, 0.05) is 22.7 Å². The predicted octanol–water partition coefficient (Wildman–Crippen LogP) is 6.39. The molecule has 0 spiro atoms. The molecule has 1 heterocycles. The van der Waals surface area contributed by atoms with Crippen molar-refractivity contribution in [2.45, 2.75) is 44.8 Å². The molecule has 200 valence electrons. The van der Waals surface area contributed by atoms with E-state index in [0.29, 0.717) is 35.1 Å². The number of carbonyl (C=O) groups is 1. The summed E-state index contributed by atoms with van der Waals surface area (Å²) in [6, 6.07) is 19.9. The number of rotatable bonds is 8. The zero-order valence-electron chi connectivity index (χ0n) is 21.6. The van der Waals surface area contributed by atoms with Gasteiger partial charge >= 0.3 is 6.09 Å². The second-order valence-corrected chi connectivity index (χ2v) is 12.2. The van der Waals surface area contributed by atoms with Crippen LogP contribution in [-0.2, 0) is 11.3 Å². The van der Waals surface area contributed by atoms with Crippen LogP contribution >= 0.6 is 15.9 Å². The first-order valence-corrected chi connectivity index (χ1v) is 14.3. The molecule has 3 unspecified atom stereocenters. The largest absolute Gasteiger partial charge is 0.445 e. The molecule has 1 amide bonds. The van der Waals surface area contributed by atoms with Crippen LogP contribution < -0.4 is 16.0 Å². The summed E-state index contributed by atoms with van der Waals surface area (Å²) < 4.78 is 6.49. The van der Waals surface area contributed by atoms with E-state index in [4.69, 9.17) is 4.74 Å². The summed E-state index contributed by atoms with van der Waals surface area (Å²) in [5, 5.41) is 19.6. The maximum Gasteiger partial charge on any atom is 0.407 e. The van der Waals surface area contributed by atoms with Crippen LogP contribution in [0.25, 0.3) is 0 Å². The van der Waals surface area contributed by atoms with Gasteiger partial charge in [0.2, 0.25) is 5.95 Å². The fourth-order valence-electron chi connectivity index (χ4n) is 7.17. The molecule has 4 aliphatic carbocycles. The molecule has 7 rings (SSSR count). The number of nitrogens with one attached hydrogen (secondary N) is 3. The molecule has 3 N–H and O–H groups in total. The summed E-state index contributed by atoms with van der Waals surface area (Å²) >= 11 is 3.48. The number of nitriles is 1. The van der Waals surface area contributed by atoms with E-state index in [2.05, 4.69) is 47.9 Å². The van der Waals surface area contributed by atoms with Crippen molar-refractivity contribution in [3.8, 4) is 6.07 Å². The van der Waals surface area contributed by atoms with Crippen molar-refractivity contribution in [3.05, 3.63) is 76.4 Å². The molecule has 4 aliphatic rings. The molecular weight excluding hydrogens is 556 g/mol. The van der Waals surface area contributed by atoms with Gasteiger partial charge < -0.3 is 20.7 Å². The van der Waals surface area contributed by atoms with Gasteiger partial charge in [-0.1, -0.05) is 52.3 Å². The van der Waals surface area contributed by atoms with Crippen molar-refractivity contribution in [3.63, 3.8) is 0 Å². The Balaban J connectivity index is 1.10. The highest BCUT2D eigenvalue weighted by Crippen LogP contribution is 2.60. The predicted molar refractivity (Wildman–Crippen MR) is 152 cm³/mol. The molecule has 4 saturated carbocycles. The lowest BCUT2D eigenvalue weighted by molar-refractivity contribution is -0.0683. The van der Waals surface area contributed by atoms with Crippen LogP contribution in [0.15, 0.2) is 65.3 Å². The van der Waals surface area contributed by atoms with Gasteiger partial charge in [0.1, 0.15) is 24.1 Å². The first-order chi connectivity index (χ1) is 19.0. The Hall–Kier alpha value is -3.64. The lowest BCUT2D eigenvalue weighted by atomic mass is 9.48. The molecular formula is C30H31BrN6O2. The maximum absolute atomic E-state index is 12.7. The van der Waals surface area contributed by atoms with Gasteiger partial charge in [-0.05, 0) is 79.0 Å². The first-order valence-electron chi connectivity index (χ1n) is 13.5. The van der Waals surface area contributed by atoms with Gasteiger partial charge in [-0.3, -0.25) is 0 Å². The van der Waals surface area contributed by atoms with Crippen LogP contribution in [-0.4, -0.2) is 28.6 Å². The SMILES string of the molecule is N#Cc1cnc(Nc2cccc(Br)c2)nc1NCC12CC3C[C@H](C1)C(NC(=O)OCc1ccccc1)[C@@H](C3)C2. The zero-order valence-corrected chi connectivity index (χ0v) is 23.2. The molecule has 4 fully saturated rings. The first kappa shape index (κ1) is 25.6. The fourth-order valence-corrected chi connectivity index (χ4v) is 7.57. The van der Waals surface area contributed by atoms with Crippen LogP contribution in [0.1, 0.15) is 43.2 Å². The number of nitrogens with zero attached hydrogens (tertiary/aromatic N) is 3. The van der Waals surface area contributed by atoms with Gasteiger partial charge in [-0.2, -0.15) is 10.2 Å². The lowest BCUT2D eigenvalue weighted by Gasteiger charge is -2.60. The Morgan fingerprint density at radius 2 is 1.90 bits per heavy atom. The van der Waals surface area contributed by atoms with Gasteiger partial charge in [0.15, 0.2) is 0 Å². The number of halogens is 1. The third-order valence-corrected chi connectivity index (χ3v) is 9.01. The summed E-state index contributed by atoms with van der Waals surface area (Å²) in [5.74, 6) is 2.56. The molecule has 4 bridgehead atoms. The number of ether oxygens (including phenoxy) is 1. The smallest absolute Gasteiger partial charge is 0.407 e. The van der Waals surface area contributed by atoms with Gasteiger partial charge in [0.05, 0.1) is 6.20 Å². The molecule has 8 nitrogen and oxygen atoms in total. The molecule has 1 aromatic heterocycles. The van der Waals surface area contributed by atoms with E-state index in [-0.39, 0.29) is 24.2 Å². The third kappa shape index (κ3) is 5.71. The molecule has 3 aromatic rings. The molecule has 39 heavy (non-hydrogen) atoms. The van der Waals surface area contributed by atoms with Crippen molar-refractivity contribution in [1.29, 1.82) is 5.26 Å². The van der Waals surface area contributed by atoms with E-state index in [1.165, 1.54) is 6.42 Å². The third-order valence-electron chi connectivity index (χ3n) is 8.52. The molecule has 0 radical (unpaired) electrons. The standard InChI is InChI=1S/C30H31BrN6O2/c31-24-7-4-8-25(11-24)35-28-33-16-23(15-32)27(37-28)34-18-30-12-20-9-21(13-30)26(22(10-20)14-30)36-29(38)39-17-19-5-2-1-3-6-19/h1-8,11,16,20-22,26H,9-10,12-14,17-18H2,(H,36,38)(H2,33,34,35,37)/t20?,21-,22+,26?,30?. The van der Waals surface area contributed by atoms with E-state index in [9.17, 15) is 10.1 Å². The number of carbonyl (C=O) groups excluding carboxylic acids is 1. The van der Waals surface area contributed by atoms with Crippen molar-refractivity contribution >= 4 is 39.5 Å². The van der Waals surface area contributed by atoms with Crippen LogP contribution in [0.4, 0.5) is 22.2 Å². The Bertz CT molecular complexity index is 1380. The summed E-state index contributed by atoms with van der Waals surface area (Å²) in [6.45, 7) is 1.04. The zero-order chi connectivity index (χ0) is 26.8. The highest BCUT2D eigenvalue weighted by Gasteiger charge is 2.55. The molecule has 9 heteroatoms. The van der Waals surface area contributed by atoms with Gasteiger partial charge in [0.25, 0.3) is 0 Å². The van der Waals surface area contributed by atoms with Crippen molar-refractivity contribution in [2.75, 3.05) is 17.2 Å². The van der Waals surface area contributed by atoms with Crippen molar-refractivity contribution < 1.29 is 9.53 Å². The number of anilines is 3. The van der Waals surface area contributed by atoms with E-state index in [0.717, 1.165) is 48.0 Å². The highest BCUT2D eigenvalue weighted by molar-refractivity contribution is 9.10. The fraction of sp³-hybridized carbons (Fsp3) is 0.400. The summed E-state index contributed by atoms with van der Waals surface area (Å²) in [4.78, 5) is 21.6. The van der Waals surface area contributed by atoms with Gasteiger partial charge in [-0.15, -0.1) is 0 Å². The molecule has 5 atom stereocenters. The number of aromatic nitrogens is 2. The Morgan fingerprint density at radius 3 is 2.64 bits per heavy atom. The number of hydrogen-bond acceptors (Lipinski definition) is 7. The average molecular weight is 588 g/mol. The molecule has 0 aliphatic heterocycles. The number of hydrogen-bond donors (Lipinski definition) is 3. The quantitative estimate of drug-likeness (QED) is 0.280. The van der Waals surface area contributed by atoms with Crippen LogP contribution in [0.3, 0.4) is 0 Å². The number of alkyl carbamates (subject to hydrolysis) is 1. The summed E-state index contributed by atoms with van der Waals surface area (Å²) in [5.41, 5.74) is 2.42. The van der Waals surface area contributed by atoms with E-state index < -0.39 is 0 Å². The van der Waals surface area contributed by atoms with Crippen LogP contribution in [0, 0.1) is 34.5 Å². The van der Waals surface area contributed by atoms with Crippen molar-refractivity contribution in [1.82, 2.24) is 15.3 Å². The molecule has 0 saturated heterocycles. The van der Waals surface area contributed by atoms with E-state index >= 15 is 0 Å². The van der Waals surface area contributed by atoms with Crippen LogP contribution in [0.2, 0.25) is 0 Å². The monoisotopic (exact) mass is 586 g/mol. The second kappa shape index (κ2) is 10.9. The Morgan fingerprint density at radius 1 is 1.10 bits per heavy atom. The van der Waals surface area contributed by atoms with Crippen LogP contribution in [0.5, 0.6) is 0 Å². The minimum absolute atomic E-state index is 0.137. The second-order valence-electron chi connectivity index (χ2n) is 11.3. The minimum Gasteiger partial charge on any atom is -0.445 e. The van der Waals surface area contributed by atoms with Crippen molar-refractivity contribution in [2.24, 2.45) is 23.2 Å². The topological polar surface area (TPSA) is 112 Å². The molecule has 2 aromatic carbocycles.